The van der Waals surface area contributed by atoms with Gasteiger partial charge in [-0.1, -0.05) is 35.9 Å². The normalized spacial score (nSPS) is 10.3. The molecule has 104 valence electrons. The maximum absolute atomic E-state index is 12.1. The van der Waals surface area contributed by atoms with Gasteiger partial charge < -0.3 is 5.32 Å². The Bertz CT molecular complexity index is 631. The molecule has 2 nitrogen and oxygen atoms in total. The Kier molecular flexibility index (Phi) is 5.46. The Morgan fingerprint density at radius 3 is 2.65 bits per heavy atom. The van der Waals surface area contributed by atoms with Gasteiger partial charge in [0.2, 0.25) is 0 Å². The number of halogens is 3. The summed E-state index contributed by atoms with van der Waals surface area (Å²) >= 11 is 15.0. The molecule has 0 fully saturated rings. The molecule has 2 aromatic rings. The van der Waals surface area contributed by atoms with Crippen molar-refractivity contribution in [2.75, 3.05) is 0 Å². The van der Waals surface area contributed by atoms with E-state index in [9.17, 15) is 4.79 Å². The van der Waals surface area contributed by atoms with E-state index < -0.39 is 0 Å². The van der Waals surface area contributed by atoms with Gasteiger partial charge in [0.25, 0.3) is 5.91 Å². The van der Waals surface area contributed by atoms with Crippen LogP contribution in [0.3, 0.4) is 0 Å². The molecular formula is C15H12BrCl2NO. The Balaban J connectivity index is 2.06. The van der Waals surface area contributed by atoms with Gasteiger partial charge in [0.1, 0.15) is 0 Å². The summed E-state index contributed by atoms with van der Waals surface area (Å²) in [5.41, 5.74) is 2.56. The predicted molar refractivity (Wildman–Crippen MR) is 86.3 cm³/mol. The highest BCUT2D eigenvalue weighted by atomic mass is 79.9. The smallest absolute Gasteiger partial charge is 0.252 e. The first kappa shape index (κ1) is 15.4. The van der Waals surface area contributed by atoms with Gasteiger partial charge in [-0.05, 0) is 45.3 Å². The maximum Gasteiger partial charge on any atom is 0.252 e. The van der Waals surface area contributed by atoms with Crippen molar-refractivity contribution in [3.63, 3.8) is 0 Å². The van der Waals surface area contributed by atoms with E-state index in [-0.39, 0.29) is 5.91 Å². The van der Waals surface area contributed by atoms with E-state index >= 15 is 0 Å². The fourth-order valence-electron chi connectivity index (χ4n) is 1.77. The summed E-state index contributed by atoms with van der Waals surface area (Å²) in [7, 11) is 0. The first-order valence-electron chi connectivity index (χ1n) is 5.97. The van der Waals surface area contributed by atoms with Crippen LogP contribution in [0.15, 0.2) is 46.9 Å². The highest BCUT2D eigenvalue weighted by Gasteiger charge is 2.10. The highest BCUT2D eigenvalue weighted by molar-refractivity contribution is 9.10. The molecule has 5 heteroatoms. The van der Waals surface area contributed by atoms with E-state index in [2.05, 4.69) is 21.2 Å². The Hall–Kier alpha value is -1.03. The maximum atomic E-state index is 12.1. The van der Waals surface area contributed by atoms with Gasteiger partial charge in [-0.15, -0.1) is 11.6 Å². The van der Waals surface area contributed by atoms with Crippen LogP contribution in [0.4, 0.5) is 0 Å². The largest absolute Gasteiger partial charge is 0.348 e. The van der Waals surface area contributed by atoms with E-state index in [1.54, 1.807) is 18.2 Å². The zero-order valence-electron chi connectivity index (χ0n) is 10.5. The first-order chi connectivity index (χ1) is 9.60. The lowest BCUT2D eigenvalue weighted by Gasteiger charge is -2.08. The molecule has 0 saturated carbocycles. The molecule has 0 spiro atoms. The fraction of sp³-hybridized carbons (Fsp3) is 0.133. The molecule has 0 aliphatic rings. The molecule has 2 aromatic carbocycles. The van der Waals surface area contributed by atoms with Crippen LogP contribution in [-0.4, -0.2) is 5.91 Å². The molecule has 0 atom stereocenters. The summed E-state index contributed by atoms with van der Waals surface area (Å²) in [6.07, 6.45) is 0. The van der Waals surface area contributed by atoms with Gasteiger partial charge >= 0.3 is 0 Å². The minimum Gasteiger partial charge on any atom is -0.348 e. The van der Waals surface area contributed by atoms with Crippen LogP contribution in [-0.2, 0) is 12.4 Å². The molecule has 20 heavy (non-hydrogen) atoms. The summed E-state index contributed by atoms with van der Waals surface area (Å²) in [4.78, 5) is 12.1. The Morgan fingerprint density at radius 2 is 1.90 bits per heavy atom. The summed E-state index contributed by atoms with van der Waals surface area (Å²) in [6, 6.07) is 12.9. The lowest BCUT2D eigenvalue weighted by atomic mass is 10.1. The average Bonchev–Trinajstić information content (AvgIpc) is 2.47. The minimum atomic E-state index is -0.171. The van der Waals surface area contributed by atoms with Crippen molar-refractivity contribution < 1.29 is 4.79 Å². The van der Waals surface area contributed by atoms with Crippen LogP contribution >= 0.6 is 39.1 Å². The molecule has 0 saturated heterocycles. The molecular weight excluding hydrogens is 361 g/mol. The molecule has 0 aromatic heterocycles. The van der Waals surface area contributed by atoms with Gasteiger partial charge in [0.15, 0.2) is 0 Å². The summed E-state index contributed by atoms with van der Waals surface area (Å²) in [5.74, 6) is 0.289. The molecule has 1 amide bonds. The zero-order valence-corrected chi connectivity index (χ0v) is 13.6. The van der Waals surface area contributed by atoms with Crippen LogP contribution < -0.4 is 5.32 Å². The lowest BCUT2D eigenvalue weighted by molar-refractivity contribution is 0.0950. The average molecular weight is 373 g/mol. The molecule has 0 heterocycles. The van der Waals surface area contributed by atoms with Crippen LogP contribution in [0.5, 0.6) is 0 Å². The number of alkyl halides is 1. The second-order valence-corrected chi connectivity index (χ2v) is 5.82. The van der Waals surface area contributed by atoms with Gasteiger partial charge in [-0.2, -0.15) is 0 Å². The van der Waals surface area contributed by atoms with E-state index in [1.165, 1.54) is 0 Å². The topological polar surface area (TPSA) is 29.1 Å². The van der Waals surface area contributed by atoms with Gasteiger partial charge in [0, 0.05) is 21.9 Å². The third-order valence-corrected chi connectivity index (χ3v) is 4.01. The quantitative estimate of drug-likeness (QED) is 0.769. The second-order valence-electron chi connectivity index (χ2n) is 4.26. The van der Waals surface area contributed by atoms with Gasteiger partial charge in [-0.25, -0.2) is 0 Å². The van der Waals surface area contributed by atoms with Crippen molar-refractivity contribution in [2.24, 2.45) is 0 Å². The Morgan fingerprint density at radius 1 is 1.15 bits per heavy atom. The summed E-state index contributed by atoms with van der Waals surface area (Å²) in [5, 5.41) is 3.39. The number of amides is 1. The monoisotopic (exact) mass is 371 g/mol. The van der Waals surface area contributed by atoms with Crippen molar-refractivity contribution >= 4 is 45.0 Å². The minimum absolute atomic E-state index is 0.171. The number of benzene rings is 2. The van der Waals surface area contributed by atoms with E-state index in [1.807, 2.05) is 24.3 Å². The van der Waals surface area contributed by atoms with Crippen LogP contribution in [0.25, 0.3) is 0 Å². The lowest BCUT2D eigenvalue weighted by Crippen LogP contribution is -2.23. The molecule has 0 radical (unpaired) electrons. The molecule has 1 N–H and O–H groups in total. The van der Waals surface area contributed by atoms with Crippen LogP contribution in [0.1, 0.15) is 21.5 Å². The van der Waals surface area contributed by atoms with Crippen LogP contribution in [0, 0.1) is 0 Å². The van der Waals surface area contributed by atoms with E-state index in [0.29, 0.717) is 27.5 Å². The zero-order chi connectivity index (χ0) is 14.5. The SMILES string of the molecule is O=C(NCc1cccc(CCl)c1)c1cc(Cl)ccc1Br. The van der Waals surface area contributed by atoms with Crippen molar-refractivity contribution in [3.8, 4) is 0 Å². The molecule has 2 rings (SSSR count). The van der Waals surface area contributed by atoms with Crippen LogP contribution in [0.2, 0.25) is 5.02 Å². The number of carbonyl (C=O) groups is 1. The van der Waals surface area contributed by atoms with Gasteiger partial charge in [-0.3, -0.25) is 4.79 Å². The van der Waals surface area contributed by atoms with Gasteiger partial charge in [0.05, 0.1) is 5.56 Å². The number of hydrogen-bond donors (Lipinski definition) is 1. The standard InChI is InChI=1S/C15H12BrCl2NO/c16-14-5-4-12(18)7-13(14)15(20)19-9-11-3-1-2-10(6-11)8-17/h1-7H,8-9H2,(H,19,20). The fourth-order valence-corrected chi connectivity index (χ4v) is 2.54. The van der Waals surface area contributed by atoms with E-state index in [4.69, 9.17) is 23.2 Å². The van der Waals surface area contributed by atoms with Crippen molar-refractivity contribution in [1.82, 2.24) is 5.32 Å². The Labute approximate surface area is 136 Å². The van der Waals surface area contributed by atoms with E-state index in [0.717, 1.165) is 11.1 Å². The van der Waals surface area contributed by atoms with Crippen molar-refractivity contribution in [1.29, 1.82) is 0 Å². The third-order valence-electron chi connectivity index (χ3n) is 2.77. The van der Waals surface area contributed by atoms with Crippen molar-refractivity contribution in [2.45, 2.75) is 12.4 Å². The highest BCUT2D eigenvalue weighted by Crippen LogP contribution is 2.21. The van der Waals surface area contributed by atoms with Crippen molar-refractivity contribution in [3.05, 3.63) is 68.7 Å². The predicted octanol–water partition coefficient (Wildman–Crippen LogP) is 4.77. The molecule has 0 aliphatic heterocycles. The third kappa shape index (κ3) is 3.98. The molecule has 0 bridgehead atoms. The summed E-state index contributed by atoms with van der Waals surface area (Å²) < 4.78 is 0.717. The molecule has 0 aliphatic carbocycles. The number of rotatable bonds is 4. The first-order valence-corrected chi connectivity index (χ1v) is 7.67. The summed E-state index contributed by atoms with van der Waals surface area (Å²) in [6.45, 7) is 0.447. The number of carbonyl (C=O) groups excluding carboxylic acids is 1. The molecule has 0 unspecified atom stereocenters. The second kappa shape index (κ2) is 7.11. The number of hydrogen-bond acceptors (Lipinski definition) is 1. The number of nitrogens with one attached hydrogen (secondary N) is 1.